The zero-order valence-corrected chi connectivity index (χ0v) is 12.6. The molecule has 0 amide bonds. The zero-order valence-electron chi connectivity index (χ0n) is 10.2. The van der Waals surface area contributed by atoms with Gasteiger partial charge in [0.05, 0.1) is 9.72 Å². The third-order valence-corrected chi connectivity index (χ3v) is 4.75. The predicted octanol–water partition coefficient (Wildman–Crippen LogP) is 2.33. The molecule has 2 N–H and O–H groups in total. The number of nitrogens with one attached hydrogen (secondary N) is 2. The van der Waals surface area contributed by atoms with Gasteiger partial charge >= 0.3 is 0 Å². The van der Waals surface area contributed by atoms with Crippen LogP contribution in [-0.4, -0.2) is 26.8 Å². The molecule has 0 heterocycles. The molecule has 1 aromatic rings. The molecule has 102 valence electrons. The molecule has 1 unspecified atom stereocenters. The van der Waals surface area contributed by atoms with Crippen molar-refractivity contribution in [1.82, 2.24) is 5.32 Å². The summed E-state index contributed by atoms with van der Waals surface area (Å²) >= 11 is 3.01. The lowest BCUT2D eigenvalue weighted by Crippen LogP contribution is -2.34. The van der Waals surface area contributed by atoms with Gasteiger partial charge in [-0.3, -0.25) is 4.72 Å². The van der Waals surface area contributed by atoms with E-state index in [1.54, 1.807) is 6.92 Å². The van der Waals surface area contributed by atoms with Crippen molar-refractivity contribution in [3.8, 4) is 0 Å². The quantitative estimate of drug-likeness (QED) is 0.836. The van der Waals surface area contributed by atoms with Crippen LogP contribution < -0.4 is 10.0 Å². The molecule has 0 aliphatic heterocycles. The van der Waals surface area contributed by atoms with Gasteiger partial charge in [0.25, 0.3) is 0 Å². The first-order valence-electron chi connectivity index (χ1n) is 5.54. The lowest BCUT2D eigenvalue weighted by atomic mass is 10.3. The normalized spacial score (nSPS) is 13.3. The topological polar surface area (TPSA) is 58.2 Å². The Morgan fingerprint density at radius 3 is 2.67 bits per heavy atom. The van der Waals surface area contributed by atoms with E-state index in [9.17, 15) is 12.8 Å². The summed E-state index contributed by atoms with van der Waals surface area (Å²) in [5.41, 5.74) is 0.339. The minimum Gasteiger partial charge on any atom is -0.316 e. The maximum Gasteiger partial charge on any atom is 0.236 e. The summed E-state index contributed by atoms with van der Waals surface area (Å²) in [5.74, 6) is -0.432. The summed E-state index contributed by atoms with van der Waals surface area (Å²) < 4.78 is 39.6. The molecule has 1 atom stereocenters. The Labute approximate surface area is 115 Å². The van der Waals surface area contributed by atoms with Crippen molar-refractivity contribution in [2.75, 3.05) is 17.8 Å². The van der Waals surface area contributed by atoms with Crippen molar-refractivity contribution in [3.05, 3.63) is 28.5 Å². The molecule has 4 nitrogen and oxygen atoms in total. The minimum atomic E-state index is -3.47. The van der Waals surface area contributed by atoms with Crippen molar-refractivity contribution in [2.45, 2.75) is 19.1 Å². The highest BCUT2D eigenvalue weighted by molar-refractivity contribution is 9.10. The van der Waals surface area contributed by atoms with Crippen LogP contribution >= 0.6 is 15.9 Å². The van der Waals surface area contributed by atoms with E-state index in [1.807, 2.05) is 6.92 Å². The van der Waals surface area contributed by atoms with Gasteiger partial charge in [-0.15, -0.1) is 0 Å². The number of rotatable bonds is 6. The van der Waals surface area contributed by atoms with Gasteiger partial charge in [-0.2, -0.15) is 0 Å². The van der Waals surface area contributed by atoms with Crippen molar-refractivity contribution < 1.29 is 12.8 Å². The highest BCUT2D eigenvalue weighted by Crippen LogP contribution is 2.21. The van der Waals surface area contributed by atoms with Crippen LogP contribution in [0.5, 0.6) is 0 Å². The fraction of sp³-hybridized carbons (Fsp3) is 0.455. The van der Waals surface area contributed by atoms with Crippen LogP contribution in [0.2, 0.25) is 0 Å². The average molecular weight is 339 g/mol. The molecule has 0 aliphatic carbocycles. The highest BCUT2D eigenvalue weighted by atomic mass is 79.9. The molecule has 0 fully saturated rings. The first-order chi connectivity index (χ1) is 8.36. The van der Waals surface area contributed by atoms with E-state index in [-0.39, 0.29) is 4.47 Å². The summed E-state index contributed by atoms with van der Waals surface area (Å²) in [6.45, 7) is 4.60. The highest BCUT2D eigenvalue weighted by Gasteiger charge is 2.20. The monoisotopic (exact) mass is 338 g/mol. The number of benzene rings is 1. The third kappa shape index (κ3) is 4.22. The molecule has 18 heavy (non-hydrogen) atoms. The van der Waals surface area contributed by atoms with Gasteiger partial charge in [-0.05, 0) is 47.6 Å². The average Bonchev–Trinajstić information content (AvgIpc) is 2.30. The molecule has 0 saturated carbocycles. The van der Waals surface area contributed by atoms with E-state index >= 15 is 0 Å². The molecule has 0 bridgehead atoms. The second-order valence-electron chi connectivity index (χ2n) is 3.89. The first kappa shape index (κ1) is 15.4. The number of halogens is 2. The molecule has 0 saturated heterocycles. The Bertz CT molecular complexity index is 508. The molecule has 0 radical (unpaired) electrons. The number of hydrogen-bond acceptors (Lipinski definition) is 3. The third-order valence-electron chi connectivity index (χ3n) is 2.39. The van der Waals surface area contributed by atoms with Gasteiger partial charge in [-0.1, -0.05) is 6.92 Å². The zero-order chi connectivity index (χ0) is 13.8. The lowest BCUT2D eigenvalue weighted by Gasteiger charge is -2.15. The van der Waals surface area contributed by atoms with E-state index in [0.29, 0.717) is 18.8 Å². The van der Waals surface area contributed by atoms with Crippen LogP contribution in [0.25, 0.3) is 0 Å². The van der Waals surface area contributed by atoms with Crippen LogP contribution in [-0.2, 0) is 10.0 Å². The molecular formula is C11H16BrFN2O2S. The lowest BCUT2D eigenvalue weighted by molar-refractivity contribution is 0.579. The number of hydrogen-bond donors (Lipinski definition) is 2. The Morgan fingerprint density at radius 2 is 2.11 bits per heavy atom. The van der Waals surface area contributed by atoms with Crippen molar-refractivity contribution in [1.29, 1.82) is 0 Å². The second-order valence-corrected chi connectivity index (χ2v) is 6.85. The summed E-state index contributed by atoms with van der Waals surface area (Å²) in [7, 11) is -3.47. The molecular weight excluding hydrogens is 323 g/mol. The van der Waals surface area contributed by atoms with Gasteiger partial charge in [-0.25, -0.2) is 12.8 Å². The van der Waals surface area contributed by atoms with Gasteiger partial charge in [0.2, 0.25) is 10.0 Å². The summed E-state index contributed by atoms with van der Waals surface area (Å²) in [6, 6.07) is 3.99. The fourth-order valence-corrected chi connectivity index (χ4v) is 2.65. The van der Waals surface area contributed by atoms with Crippen molar-refractivity contribution in [2.24, 2.45) is 0 Å². The molecule has 1 aromatic carbocycles. The van der Waals surface area contributed by atoms with Crippen molar-refractivity contribution in [3.63, 3.8) is 0 Å². The van der Waals surface area contributed by atoms with Crippen molar-refractivity contribution >= 4 is 31.6 Å². The van der Waals surface area contributed by atoms with E-state index in [2.05, 4.69) is 26.0 Å². The van der Waals surface area contributed by atoms with Gasteiger partial charge in [0.15, 0.2) is 0 Å². The summed E-state index contributed by atoms with van der Waals surface area (Å²) in [5, 5.41) is 2.40. The Morgan fingerprint density at radius 1 is 1.44 bits per heavy atom. The van der Waals surface area contributed by atoms with Gasteiger partial charge in [0, 0.05) is 12.2 Å². The maximum atomic E-state index is 13.0. The van der Waals surface area contributed by atoms with E-state index in [1.165, 1.54) is 18.2 Å². The molecule has 7 heteroatoms. The number of anilines is 1. The van der Waals surface area contributed by atoms with E-state index < -0.39 is 21.1 Å². The summed E-state index contributed by atoms with van der Waals surface area (Å²) in [6.07, 6.45) is 0. The van der Waals surface area contributed by atoms with Crippen LogP contribution in [0.4, 0.5) is 10.1 Å². The van der Waals surface area contributed by atoms with Crippen LogP contribution in [0.15, 0.2) is 22.7 Å². The minimum absolute atomic E-state index is 0.224. The summed E-state index contributed by atoms with van der Waals surface area (Å²) in [4.78, 5) is 0. The predicted molar refractivity (Wildman–Crippen MR) is 74.6 cm³/mol. The standard InChI is InChI=1S/C11H16BrFN2O2S/c1-3-14-7-8(2)18(16,17)15-9-4-5-11(13)10(12)6-9/h4-6,8,14-15H,3,7H2,1-2H3. The fourth-order valence-electron chi connectivity index (χ4n) is 1.28. The van der Waals surface area contributed by atoms with E-state index in [4.69, 9.17) is 0 Å². The molecule has 0 aliphatic rings. The Kier molecular flexibility index (Phi) is 5.55. The largest absolute Gasteiger partial charge is 0.316 e. The maximum absolute atomic E-state index is 13.0. The van der Waals surface area contributed by atoms with Crippen LogP contribution in [0, 0.1) is 5.82 Å². The Balaban J connectivity index is 2.78. The Hall–Kier alpha value is -0.660. The second kappa shape index (κ2) is 6.49. The first-order valence-corrected chi connectivity index (χ1v) is 7.88. The molecule has 1 rings (SSSR count). The van der Waals surface area contributed by atoms with Crippen LogP contribution in [0.3, 0.4) is 0 Å². The smallest absolute Gasteiger partial charge is 0.236 e. The van der Waals surface area contributed by atoms with Crippen LogP contribution in [0.1, 0.15) is 13.8 Å². The number of sulfonamides is 1. The molecule has 0 aromatic heterocycles. The van der Waals surface area contributed by atoms with Gasteiger partial charge in [0.1, 0.15) is 5.82 Å². The molecule has 0 spiro atoms. The van der Waals surface area contributed by atoms with E-state index in [0.717, 1.165) is 0 Å². The van der Waals surface area contributed by atoms with Gasteiger partial charge < -0.3 is 5.32 Å². The SMILES string of the molecule is CCNCC(C)S(=O)(=O)Nc1ccc(F)c(Br)c1.